The maximum absolute atomic E-state index is 12.3. The predicted molar refractivity (Wildman–Crippen MR) is 177 cm³/mol. The van der Waals surface area contributed by atoms with Gasteiger partial charge >= 0.3 is 6.09 Å². The van der Waals surface area contributed by atoms with Crippen LogP contribution in [0.15, 0.2) is 48.5 Å². The summed E-state index contributed by atoms with van der Waals surface area (Å²) in [6.45, 7) is 4.19. The highest BCUT2D eigenvalue weighted by molar-refractivity contribution is 5.94. The zero-order valence-corrected chi connectivity index (χ0v) is 27.6. The van der Waals surface area contributed by atoms with Gasteiger partial charge in [0.15, 0.2) is 0 Å². The molecule has 0 unspecified atom stereocenters. The molecular formula is C33H46N6O10. The maximum Gasteiger partial charge on any atom is 0.407 e. The Labute approximate surface area is 284 Å². The molecule has 2 atom stereocenters. The first-order chi connectivity index (χ1) is 23.7. The molecule has 1 aliphatic carbocycles. The number of carbonyl (C=O) groups excluding carboxylic acids is 5. The van der Waals surface area contributed by atoms with Crippen molar-refractivity contribution in [3.63, 3.8) is 0 Å². The van der Waals surface area contributed by atoms with E-state index in [-0.39, 0.29) is 38.8 Å². The van der Waals surface area contributed by atoms with Crippen LogP contribution in [0, 0.1) is 0 Å². The molecule has 0 aliphatic heterocycles. The average Bonchev–Trinajstić information content (AvgIpc) is 3.41. The molecule has 0 saturated carbocycles. The third-order valence-corrected chi connectivity index (χ3v) is 7.40. The van der Waals surface area contributed by atoms with Crippen molar-refractivity contribution >= 4 is 29.7 Å². The lowest BCUT2D eigenvalue weighted by atomic mass is 9.98. The maximum atomic E-state index is 12.3. The Morgan fingerprint density at radius 1 is 0.735 bits per heavy atom. The third-order valence-electron chi connectivity index (χ3n) is 7.40. The molecule has 268 valence electrons. The Bertz CT molecular complexity index is 1350. The Balaban J connectivity index is 1.13. The molecule has 2 aromatic carbocycles. The van der Waals surface area contributed by atoms with Crippen LogP contribution in [0.4, 0.5) is 4.79 Å². The van der Waals surface area contributed by atoms with E-state index in [1.807, 2.05) is 29.7 Å². The molecule has 3 rings (SSSR count). The first kappa shape index (κ1) is 38.8. The minimum atomic E-state index is -1.25. The molecular weight excluding hydrogens is 640 g/mol. The summed E-state index contributed by atoms with van der Waals surface area (Å²) in [5.74, 6) is 2.29. The van der Waals surface area contributed by atoms with Crippen LogP contribution in [-0.4, -0.2) is 108 Å². The number of hydrogen-bond donors (Lipinski definition) is 6. The fraction of sp³-hybridized carbons (Fsp3) is 0.485. The molecule has 0 aromatic heterocycles. The number of nitrogens with two attached hydrogens (primary N) is 2. The smallest absolute Gasteiger partial charge is 0.407 e. The lowest BCUT2D eigenvalue weighted by Gasteiger charge is -2.19. The third kappa shape index (κ3) is 13.4. The molecule has 16 nitrogen and oxygen atoms in total. The van der Waals surface area contributed by atoms with Crippen molar-refractivity contribution in [3.8, 4) is 11.1 Å². The molecule has 0 spiro atoms. The highest BCUT2D eigenvalue weighted by atomic mass is 16.6. The molecule has 1 aliphatic rings. The summed E-state index contributed by atoms with van der Waals surface area (Å²) in [6.07, 6.45) is -1.02. The van der Waals surface area contributed by atoms with Crippen molar-refractivity contribution in [2.45, 2.75) is 37.8 Å². The summed E-state index contributed by atoms with van der Waals surface area (Å²) in [6, 6.07) is 14.1. The van der Waals surface area contributed by atoms with Gasteiger partial charge in [-0.15, -0.1) is 0 Å². The molecule has 0 heterocycles. The van der Waals surface area contributed by atoms with Gasteiger partial charge < -0.3 is 45.4 Å². The van der Waals surface area contributed by atoms with Gasteiger partial charge in [0, 0.05) is 18.9 Å². The van der Waals surface area contributed by atoms with Gasteiger partial charge in [-0.25, -0.2) is 10.6 Å². The molecule has 5 amide bonds. The van der Waals surface area contributed by atoms with Gasteiger partial charge in [0.05, 0.1) is 59.3 Å². The standard InChI is InChI=1S/C33H46N6O10/c1-22(31(42)39-35)37-32(43)28(20-29(34)40)38-30(41)10-12-45-14-16-47-18-19-48-17-15-46-13-11-36-33(44)49-21-27-25-8-4-2-6-23(25)24-7-3-5-9-26(24)27/h2-9,22,27-28H,10-21,35H2,1H3,(H2,34,40)(H,36,44)(H,37,43)(H,38,41)(H,39,42)/t22-,28-/m0/s1. The van der Waals surface area contributed by atoms with E-state index in [1.165, 1.54) is 18.1 Å². The van der Waals surface area contributed by atoms with Crippen LogP contribution >= 0.6 is 0 Å². The summed E-state index contributed by atoms with van der Waals surface area (Å²) >= 11 is 0. The second kappa shape index (κ2) is 21.4. The van der Waals surface area contributed by atoms with Crippen LogP contribution in [0.1, 0.15) is 36.8 Å². The second-order valence-corrected chi connectivity index (χ2v) is 11.0. The van der Waals surface area contributed by atoms with E-state index in [0.29, 0.717) is 39.6 Å². The van der Waals surface area contributed by atoms with Crippen LogP contribution in [-0.2, 0) is 42.9 Å². The zero-order chi connectivity index (χ0) is 35.4. The van der Waals surface area contributed by atoms with Crippen molar-refractivity contribution in [3.05, 3.63) is 59.7 Å². The van der Waals surface area contributed by atoms with E-state index in [9.17, 15) is 24.0 Å². The second-order valence-electron chi connectivity index (χ2n) is 11.0. The number of alkyl carbamates (subject to hydrolysis) is 1. The molecule has 8 N–H and O–H groups in total. The van der Waals surface area contributed by atoms with Crippen molar-refractivity contribution in [2.75, 3.05) is 66.0 Å². The van der Waals surface area contributed by atoms with Crippen LogP contribution in [0.25, 0.3) is 11.1 Å². The Morgan fingerprint density at radius 2 is 1.27 bits per heavy atom. The Kier molecular flexibility index (Phi) is 16.9. The van der Waals surface area contributed by atoms with Crippen molar-refractivity contribution in [2.24, 2.45) is 11.6 Å². The minimum Gasteiger partial charge on any atom is -0.449 e. The number of hydrogen-bond acceptors (Lipinski definition) is 11. The Hall–Kier alpha value is -4.61. The fourth-order valence-corrected chi connectivity index (χ4v) is 4.98. The number of hydrazine groups is 1. The van der Waals surface area contributed by atoms with Gasteiger partial charge in [-0.2, -0.15) is 0 Å². The molecule has 0 fully saturated rings. The van der Waals surface area contributed by atoms with E-state index in [1.54, 1.807) is 0 Å². The van der Waals surface area contributed by atoms with Gasteiger partial charge in [0.1, 0.15) is 18.7 Å². The SMILES string of the molecule is C[C@H](NC(=O)[C@H](CC(N)=O)NC(=O)CCOCCOCCOCCOCCNC(=O)OCC1c2ccccc2-c2ccccc21)C(=O)NN. The van der Waals surface area contributed by atoms with Crippen molar-refractivity contribution in [1.29, 1.82) is 0 Å². The fourth-order valence-electron chi connectivity index (χ4n) is 4.98. The molecule has 0 radical (unpaired) electrons. The van der Waals surface area contributed by atoms with E-state index >= 15 is 0 Å². The molecule has 49 heavy (non-hydrogen) atoms. The minimum absolute atomic E-state index is 0.00399. The highest BCUT2D eigenvalue weighted by Gasteiger charge is 2.29. The molecule has 16 heteroatoms. The lowest BCUT2D eigenvalue weighted by molar-refractivity contribution is -0.133. The monoisotopic (exact) mass is 686 g/mol. The summed E-state index contributed by atoms with van der Waals surface area (Å²) in [7, 11) is 0. The van der Waals surface area contributed by atoms with Gasteiger partial charge in [-0.05, 0) is 29.2 Å². The number of carbonyl (C=O) groups is 5. The number of primary amides is 1. The van der Waals surface area contributed by atoms with Gasteiger partial charge in [-0.3, -0.25) is 24.6 Å². The topological polar surface area (TPSA) is 232 Å². The van der Waals surface area contributed by atoms with E-state index in [4.69, 9.17) is 35.3 Å². The number of rotatable bonds is 23. The van der Waals surface area contributed by atoms with E-state index in [0.717, 1.165) is 11.1 Å². The predicted octanol–water partition coefficient (Wildman–Crippen LogP) is -0.164. The molecule has 2 aromatic rings. The summed E-state index contributed by atoms with van der Waals surface area (Å²) in [5.41, 5.74) is 11.7. The highest BCUT2D eigenvalue weighted by Crippen LogP contribution is 2.44. The number of benzene rings is 2. The van der Waals surface area contributed by atoms with Crippen LogP contribution in [0.5, 0.6) is 0 Å². The van der Waals surface area contributed by atoms with Gasteiger partial charge in [-0.1, -0.05) is 48.5 Å². The quantitative estimate of drug-likeness (QED) is 0.0389. The van der Waals surface area contributed by atoms with Gasteiger partial charge in [0.2, 0.25) is 17.7 Å². The van der Waals surface area contributed by atoms with E-state index in [2.05, 4.69) is 40.2 Å². The van der Waals surface area contributed by atoms with Crippen molar-refractivity contribution < 1.29 is 47.7 Å². The van der Waals surface area contributed by atoms with Crippen LogP contribution in [0.2, 0.25) is 0 Å². The summed E-state index contributed by atoms with van der Waals surface area (Å²) < 4.78 is 27.2. The normalized spacial score (nSPS) is 13.0. The average molecular weight is 687 g/mol. The number of ether oxygens (including phenoxy) is 5. The zero-order valence-electron chi connectivity index (χ0n) is 27.6. The summed E-state index contributed by atoms with van der Waals surface area (Å²) in [5, 5.41) is 7.45. The number of fused-ring (bicyclic) bond motifs is 3. The lowest BCUT2D eigenvalue weighted by Crippen LogP contribution is -2.54. The largest absolute Gasteiger partial charge is 0.449 e. The van der Waals surface area contributed by atoms with Gasteiger partial charge in [0.25, 0.3) is 5.91 Å². The molecule has 0 bridgehead atoms. The van der Waals surface area contributed by atoms with Crippen LogP contribution < -0.4 is 33.0 Å². The van der Waals surface area contributed by atoms with Crippen LogP contribution in [0.3, 0.4) is 0 Å². The summed E-state index contributed by atoms with van der Waals surface area (Å²) in [4.78, 5) is 59.6. The first-order valence-electron chi connectivity index (χ1n) is 16.0. The van der Waals surface area contributed by atoms with Crippen molar-refractivity contribution in [1.82, 2.24) is 21.4 Å². The van der Waals surface area contributed by atoms with E-state index < -0.39 is 48.2 Å². The first-order valence-corrected chi connectivity index (χ1v) is 16.0. The Morgan fingerprint density at radius 3 is 1.82 bits per heavy atom. The number of nitrogens with one attached hydrogen (secondary N) is 4. The molecule has 0 saturated heterocycles. The number of amides is 5.